The van der Waals surface area contributed by atoms with E-state index in [4.69, 9.17) is 12.2 Å². The van der Waals surface area contributed by atoms with Crippen molar-refractivity contribution in [1.82, 2.24) is 25.1 Å². The number of fused-ring (bicyclic) bond motifs is 1. The number of amides is 1. The zero-order valence-electron chi connectivity index (χ0n) is 13.8. The Morgan fingerprint density at radius 1 is 1.42 bits per heavy atom. The maximum absolute atomic E-state index is 12.2. The molecular formula is C17H21N5OS. The van der Waals surface area contributed by atoms with E-state index in [0.29, 0.717) is 24.3 Å². The number of hydrogen-bond donors (Lipinski definition) is 3. The van der Waals surface area contributed by atoms with Gasteiger partial charge in [0.15, 0.2) is 4.77 Å². The van der Waals surface area contributed by atoms with Crippen molar-refractivity contribution in [3.05, 3.63) is 46.1 Å². The summed E-state index contributed by atoms with van der Waals surface area (Å²) in [6.45, 7) is 5.24. The average molecular weight is 343 g/mol. The molecule has 24 heavy (non-hydrogen) atoms. The lowest BCUT2D eigenvalue weighted by Crippen LogP contribution is -2.29. The number of nitrogens with zero attached hydrogens (tertiary/aromatic N) is 2. The number of H-pyrrole nitrogens is 2. The van der Waals surface area contributed by atoms with Crippen LogP contribution in [0.25, 0.3) is 10.9 Å². The lowest BCUT2D eigenvalue weighted by atomic mass is 10.1. The highest BCUT2D eigenvalue weighted by Crippen LogP contribution is 2.22. The second-order valence-electron chi connectivity index (χ2n) is 5.79. The number of nitrogens with one attached hydrogen (secondary N) is 3. The zero-order valence-corrected chi connectivity index (χ0v) is 14.7. The summed E-state index contributed by atoms with van der Waals surface area (Å²) in [5, 5.41) is 11.1. The molecule has 0 aliphatic rings. The van der Waals surface area contributed by atoms with E-state index in [9.17, 15) is 4.79 Å². The molecule has 1 amide bonds. The van der Waals surface area contributed by atoms with Crippen LogP contribution in [-0.4, -0.2) is 32.2 Å². The van der Waals surface area contributed by atoms with Gasteiger partial charge in [-0.3, -0.25) is 9.89 Å². The summed E-state index contributed by atoms with van der Waals surface area (Å²) in [5.74, 6) is 0.911. The van der Waals surface area contributed by atoms with Gasteiger partial charge in [-0.2, -0.15) is 5.10 Å². The van der Waals surface area contributed by atoms with Crippen molar-refractivity contribution in [2.45, 2.75) is 33.2 Å². The molecule has 0 aliphatic carbocycles. The Bertz CT molecular complexity index is 921. The van der Waals surface area contributed by atoms with Crippen molar-refractivity contribution in [3.63, 3.8) is 0 Å². The van der Waals surface area contributed by atoms with Crippen LogP contribution in [0.4, 0.5) is 0 Å². The van der Waals surface area contributed by atoms with Crippen LogP contribution in [-0.2, 0) is 24.2 Å². The van der Waals surface area contributed by atoms with Crippen molar-refractivity contribution in [3.8, 4) is 0 Å². The molecule has 0 radical (unpaired) electrons. The number of aromatic nitrogens is 4. The van der Waals surface area contributed by atoms with E-state index >= 15 is 0 Å². The molecule has 0 aliphatic heterocycles. The SMILES string of the molecule is CCc1n[nH]c(=S)n1CCNC(=O)Cc1c[nH]c2cccc(C)c12. The number of carbonyl (C=O) groups is 1. The highest BCUT2D eigenvalue weighted by atomic mass is 32.1. The first-order valence-electron chi connectivity index (χ1n) is 8.06. The third-order valence-corrected chi connectivity index (χ3v) is 4.47. The molecule has 2 heterocycles. The Labute approximate surface area is 145 Å². The molecule has 0 saturated heterocycles. The summed E-state index contributed by atoms with van der Waals surface area (Å²) in [6, 6.07) is 6.10. The number of benzene rings is 1. The molecule has 6 nitrogen and oxygen atoms in total. The Kier molecular flexibility index (Phi) is 4.80. The van der Waals surface area contributed by atoms with E-state index in [0.717, 1.165) is 28.7 Å². The predicted molar refractivity (Wildman–Crippen MR) is 96.5 cm³/mol. The van der Waals surface area contributed by atoms with Crippen molar-refractivity contribution in [1.29, 1.82) is 0 Å². The van der Waals surface area contributed by atoms with Crippen LogP contribution in [0.3, 0.4) is 0 Å². The Balaban J connectivity index is 1.61. The van der Waals surface area contributed by atoms with E-state index in [1.54, 1.807) is 0 Å². The van der Waals surface area contributed by atoms with Gasteiger partial charge in [-0.25, -0.2) is 0 Å². The summed E-state index contributed by atoms with van der Waals surface area (Å²) >= 11 is 5.21. The van der Waals surface area contributed by atoms with Crippen LogP contribution in [0, 0.1) is 11.7 Å². The first-order chi connectivity index (χ1) is 11.6. The smallest absolute Gasteiger partial charge is 0.224 e. The Morgan fingerprint density at radius 3 is 3.04 bits per heavy atom. The van der Waals surface area contributed by atoms with Crippen molar-refractivity contribution in [2.24, 2.45) is 0 Å². The second kappa shape index (κ2) is 7.00. The molecule has 0 unspecified atom stereocenters. The van der Waals surface area contributed by atoms with Crippen LogP contribution in [0.1, 0.15) is 23.9 Å². The molecule has 2 aromatic heterocycles. The van der Waals surface area contributed by atoms with E-state index in [1.807, 2.05) is 29.8 Å². The number of aryl methyl sites for hydroxylation is 2. The lowest BCUT2D eigenvalue weighted by Gasteiger charge is -2.08. The van der Waals surface area contributed by atoms with Crippen LogP contribution in [0.5, 0.6) is 0 Å². The van der Waals surface area contributed by atoms with E-state index in [2.05, 4.69) is 33.5 Å². The first kappa shape index (κ1) is 16.4. The normalized spacial score (nSPS) is 11.1. The fourth-order valence-corrected chi connectivity index (χ4v) is 3.23. The fourth-order valence-electron chi connectivity index (χ4n) is 2.98. The van der Waals surface area contributed by atoms with Gasteiger partial charge in [-0.1, -0.05) is 19.1 Å². The molecular weight excluding hydrogens is 322 g/mol. The van der Waals surface area contributed by atoms with Gasteiger partial charge < -0.3 is 14.9 Å². The molecule has 0 saturated carbocycles. The highest BCUT2D eigenvalue weighted by Gasteiger charge is 2.10. The molecule has 3 rings (SSSR count). The minimum absolute atomic E-state index is 0.00668. The molecule has 1 aromatic carbocycles. The topological polar surface area (TPSA) is 78.5 Å². The summed E-state index contributed by atoms with van der Waals surface area (Å²) in [5.41, 5.74) is 3.26. The minimum atomic E-state index is 0.00668. The van der Waals surface area contributed by atoms with Crippen LogP contribution < -0.4 is 5.32 Å². The van der Waals surface area contributed by atoms with Gasteiger partial charge in [0, 0.05) is 36.6 Å². The second-order valence-corrected chi connectivity index (χ2v) is 6.17. The third kappa shape index (κ3) is 3.26. The summed E-state index contributed by atoms with van der Waals surface area (Å²) in [6.07, 6.45) is 3.08. The van der Waals surface area contributed by atoms with Gasteiger partial charge in [-0.05, 0) is 36.3 Å². The largest absolute Gasteiger partial charge is 0.361 e. The standard InChI is InChI=1S/C17H21N5OS/c1-3-14-20-21-17(24)22(14)8-7-18-15(23)9-12-10-19-13-6-4-5-11(2)16(12)13/h4-6,10,19H,3,7-9H2,1-2H3,(H,18,23)(H,21,24). The van der Waals surface area contributed by atoms with Gasteiger partial charge in [0.05, 0.1) is 6.42 Å². The van der Waals surface area contributed by atoms with Gasteiger partial charge in [-0.15, -0.1) is 0 Å². The van der Waals surface area contributed by atoms with Crippen LogP contribution >= 0.6 is 12.2 Å². The Hall–Kier alpha value is -2.41. The third-order valence-electron chi connectivity index (χ3n) is 4.16. The molecule has 126 valence electrons. The molecule has 0 spiro atoms. The number of rotatable bonds is 6. The molecule has 3 N–H and O–H groups in total. The molecule has 3 aromatic rings. The van der Waals surface area contributed by atoms with E-state index in [1.165, 1.54) is 5.56 Å². The average Bonchev–Trinajstić information content (AvgIpc) is 3.13. The summed E-state index contributed by atoms with van der Waals surface area (Å²) in [7, 11) is 0. The maximum atomic E-state index is 12.2. The maximum Gasteiger partial charge on any atom is 0.224 e. The van der Waals surface area contributed by atoms with Crippen molar-refractivity contribution < 1.29 is 4.79 Å². The lowest BCUT2D eigenvalue weighted by molar-refractivity contribution is -0.120. The number of aromatic amines is 2. The van der Waals surface area contributed by atoms with Gasteiger partial charge in [0.1, 0.15) is 5.82 Å². The molecule has 0 fully saturated rings. The zero-order chi connectivity index (χ0) is 17.1. The Morgan fingerprint density at radius 2 is 2.25 bits per heavy atom. The summed E-state index contributed by atoms with van der Waals surface area (Å²) in [4.78, 5) is 15.5. The number of hydrogen-bond acceptors (Lipinski definition) is 3. The van der Waals surface area contributed by atoms with Gasteiger partial charge >= 0.3 is 0 Å². The summed E-state index contributed by atoms with van der Waals surface area (Å²) < 4.78 is 2.51. The number of carbonyl (C=O) groups excluding carboxylic acids is 1. The predicted octanol–water partition coefficient (Wildman–Crippen LogP) is 2.65. The van der Waals surface area contributed by atoms with Gasteiger partial charge in [0.25, 0.3) is 0 Å². The van der Waals surface area contributed by atoms with Crippen LogP contribution in [0.2, 0.25) is 0 Å². The van der Waals surface area contributed by atoms with E-state index < -0.39 is 0 Å². The van der Waals surface area contributed by atoms with Gasteiger partial charge in [0.2, 0.25) is 5.91 Å². The van der Waals surface area contributed by atoms with E-state index in [-0.39, 0.29) is 5.91 Å². The van der Waals surface area contributed by atoms with Crippen LogP contribution in [0.15, 0.2) is 24.4 Å². The molecule has 0 bridgehead atoms. The highest BCUT2D eigenvalue weighted by molar-refractivity contribution is 7.71. The first-order valence-corrected chi connectivity index (χ1v) is 8.47. The fraction of sp³-hybridized carbons (Fsp3) is 0.353. The molecule has 0 atom stereocenters. The minimum Gasteiger partial charge on any atom is -0.361 e. The quantitative estimate of drug-likeness (QED) is 0.602. The monoisotopic (exact) mass is 343 g/mol. The van der Waals surface area contributed by atoms with Crippen molar-refractivity contribution >= 4 is 29.0 Å². The van der Waals surface area contributed by atoms with Crippen molar-refractivity contribution in [2.75, 3.05) is 6.54 Å². The molecule has 7 heteroatoms.